The molecule has 0 radical (unpaired) electrons. The van der Waals surface area contributed by atoms with Gasteiger partial charge in [-0.05, 0) is 26.3 Å². The van der Waals surface area contributed by atoms with Crippen LogP contribution in [0.4, 0.5) is 0 Å². The summed E-state index contributed by atoms with van der Waals surface area (Å²) in [6.07, 6.45) is 21.0. The first-order valence-corrected chi connectivity index (χ1v) is 13.4. The number of nitrogens with one attached hydrogen (secondary N) is 2. The van der Waals surface area contributed by atoms with Crippen LogP contribution in [0.25, 0.3) is 0 Å². The van der Waals surface area contributed by atoms with Crippen molar-refractivity contribution in [2.24, 2.45) is 5.73 Å². The first-order chi connectivity index (χ1) is 15.9. The zero-order chi connectivity index (χ0) is 24.7. The summed E-state index contributed by atoms with van der Waals surface area (Å²) in [4.78, 5) is 34.2. The van der Waals surface area contributed by atoms with E-state index < -0.39 is 24.0 Å². The lowest BCUT2D eigenvalue weighted by Gasteiger charge is -2.19. The van der Waals surface area contributed by atoms with Crippen LogP contribution in [0.2, 0.25) is 0 Å². The molecule has 194 valence electrons. The van der Waals surface area contributed by atoms with Crippen LogP contribution in [0.3, 0.4) is 0 Å². The summed E-state index contributed by atoms with van der Waals surface area (Å²) in [7, 11) is 0. The summed E-state index contributed by atoms with van der Waals surface area (Å²) in [5.74, 6) is -2.07. The van der Waals surface area contributed by atoms with Crippen molar-refractivity contribution in [3.8, 4) is 0 Å². The van der Waals surface area contributed by atoms with E-state index >= 15 is 0 Å². The maximum Gasteiger partial charge on any atom is 0.303 e. The third-order valence-corrected chi connectivity index (χ3v) is 6.18. The number of hydrogen-bond acceptors (Lipinski definition) is 4. The van der Waals surface area contributed by atoms with E-state index in [-0.39, 0.29) is 18.7 Å². The Labute approximate surface area is 202 Å². The molecule has 0 aliphatic carbocycles. The molecule has 0 aliphatic heterocycles. The molecule has 0 aromatic carbocycles. The number of nitrogens with two attached hydrogens (primary N) is 1. The first kappa shape index (κ1) is 31.4. The molecule has 2 atom stereocenters. The highest BCUT2D eigenvalue weighted by atomic mass is 16.4. The van der Waals surface area contributed by atoms with Crippen LogP contribution in [0.1, 0.15) is 129 Å². The maximum atomic E-state index is 12.2. The van der Waals surface area contributed by atoms with Gasteiger partial charge in [-0.2, -0.15) is 0 Å². The van der Waals surface area contributed by atoms with Gasteiger partial charge in [-0.1, -0.05) is 103 Å². The number of carbonyl (C=O) groups excluding carboxylic acids is 2. The monoisotopic (exact) mass is 469 g/mol. The smallest absolute Gasteiger partial charge is 0.303 e. The van der Waals surface area contributed by atoms with Crippen LogP contribution in [0.5, 0.6) is 0 Å². The van der Waals surface area contributed by atoms with Crippen LogP contribution in [0.15, 0.2) is 0 Å². The normalized spacial score (nSPS) is 12.9. The average Bonchev–Trinajstić information content (AvgIpc) is 2.77. The number of carbonyl (C=O) groups is 3. The van der Waals surface area contributed by atoms with Gasteiger partial charge in [0, 0.05) is 6.42 Å². The Bertz CT molecular complexity index is 514. The summed E-state index contributed by atoms with van der Waals surface area (Å²) in [6.45, 7) is 4.74. The van der Waals surface area contributed by atoms with Crippen LogP contribution >= 0.6 is 0 Å². The summed E-state index contributed by atoms with van der Waals surface area (Å²) >= 11 is 0. The molecular weight excluding hydrogens is 418 g/mol. The maximum absolute atomic E-state index is 12.2. The van der Waals surface area contributed by atoms with Gasteiger partial charge in [0.1, 0.15) is 6.04 Å². The summed E-state index contributed by atoms with van der Waals surface area (Å²) < 4.78 is 0. The molecule has 0 heterocycles. The molecule has 0 aliphatic rings. The number of hydrogen-bond donors (Lipinski definition) is 4. The number of unbranched alkanes of at least 4 members (excludes halogenated alkanes) is 15. The number of rotatable bonds is 24. The molecule has 33 heavy (non-hydrogen) atoms. The Kier molecular flexibility index (Phi) is 21.1. The second-order valence-electron chi connectivity index (χ2n) is 9.38. The van der Waals surface area contributed by atoms with Crippen molar-refractivity contribution < 1.29 is 19.5 Å². The van der Waals surface area contributed by atoms with Crippen LogP contribution in [-0.4, -0.2) is 41.5 Å². The van der Waals surface area contributed by atoms with E-state index in [2.05, 4.69) is 17.6 Å². The minimum absolute atomic E-state index is 0.00223. The molecule has 0 aromatic heterocycles. The highest BCUT2D eigenvalue weighted by Crippen LogP contribution is 2.13. The van der Waals surface area contributed by atoms with Crippen LogP contribution in [-0.2, 0) is 14.4 Å². The van der Waals surface area contributed by atoms with Crippen molar-refractivity contribution >= 4 is 17.8 Å². The number of primary amides is 1. The summed E-state index contributed by atoms with van der Waals surface area (Å²) in [6, 6.07) is -1.40. The lowest BCUT2D eigenvalue weighted by atomic mass is 10.0. The Balaban J connectivity index is 3.53. The minimum Gasteiger partial charge on any atom is -0.481 e. The first-order valence-electron chi connectivity index (χ1n) is 13.4. The zero-order valence-electron chi connectivity index (χ0n) is 21.3. The number of carboxylic acids is 1. The molecule has 0 bridgehead atoms. The predicted octanol–water partition coefficient (Wildman–Crippen LogP) is 5.06. The van der Waals surface area contributed by atoms with Gasteiger partial charge >= 0.3 is 5.97 Å². The highest BCUT2D eigenvalue weighted by molar-refractivity contribution is 5.89. The van der Waals surface area contributed by atoms with Gasteiger partial charge in [-0.15, -0.1) is 0 Å². The number of carboxylic acid groups (broad SMARTS) is 1. The van der Waals surface area contributed by atoms with E-state index in [1.807, 2.05) is 0 Å². The predicted molar refractivity (Wildman–Crippen MR) is 135 cm³/mol. The fourth-order valence-electron chi connectivity index (χ4n) is 3.93. The summed E-state index contributed by atoms with van der Waals surface area (Å²) in [5.41, 5.74) is 5.25. The second-order valence-corrected chi connectivity index (χ2v) is 9.38. The number of amides is 2. The van der Waals surface area contributed by atoms with Crippen LogP contribution in [0, 0.1) is 0 Å². The highest BCUT2D eigenvalue weighted by Gasteiger charge is 2.21. The molecule has 0 spiro atoms. The Morgan fingerprint density at radius 2 is 1.18 bits per heavy atom. The molecule has 7 heteroatoms. The summed E-state index contributed by atoms with van der Waals surface area (Å²) in [5, 5.41) is 14.4. The molecule has 0 rings (SSSR count). The van der Waals surface area contributed by atoms with Crippen LogP contribution < -0.4 is 16.4 Å². The molecule has 0 saturated heterocycles. The molecule has 0 unspecified atom stereocenters. The van der Waals surface area contributed by atoms with Crippen molar-refractivity contribution in [2.45, 2.75) is 142 Å². The van der Waals surface area contributed by atoms with Gasteiger partial charge in [-0.3, -0.25) is 14.4 Å². The molecule has 2 amide bonds. The van der Waals surface area contributed by atoms with E-state index in [0.717, 1.165) is 19.4 Å². The third-order valence-electron chi connectivity index (χ3n) is 6.18. The topological polar surface area (TPSA) is 122 Å². The molecule has 5 N–H and O–H groups in total. The quantitative estimate of drug-likeness (QED) is 0.147. The Morgan fingerprint density at radius 3 is 1.58 bits per heavy atom. The zero-order valence-corrected chi connectivity index (χ0v) is 21.3. The number of aliphatic carboxylic acids is 1. The van der Waals surface area contributed by atoms with E-state index in [0.29, 0.717) is 0 Å². The largest absolute Gasteiger partial charge is 0.481 e. The van der Waals surface area contributed by atoms with Gasteiger partial charge in [0.05, 0.1) is 6.04 Å². The molecule has 7 nitrogen and oxygen atoms in total. The van der Waals surface area contributed by atoms with E-state index in [4.69, 9.17) is 10.8 Å². The lowest BCUT2D eigenvalue weighted by Crippen LogP contribution is -2.51. The van der Waals surface area contributed by atoms with Gasteiger partial charge in [0.15, 0.2) is 0 Å². The fourth-order valence-corrected chi connectivity index (χ4v) is 3.93. The molecule has 0 fully saturated rings. The average molecular weight is 470 g/mol. The standard InChI is InChI=1S/C26H51N3O4/c1-3-4-5-6-7-8-9-10-11-12-13-14-15-16-17-18-21-28-22(2)26(33)29-23(25(27)32)19-20-24(30)31/h22-23,28H,3-21H2,1-2H3,(H2,27,32)(H,29,33)(H,30,31)/t22-,23+/m0/s1. The van der Waals surface area contributed by atoms with Crippen molar-refractivity contribution in [1.29, 1.82) is 0 Å². The van der Waals surface area contributed by atoms with Crippen molar-refractivity contribution in [1.82, 2.24) is 10.6 Å². The second kappa shape index (κ2) is 22.2. The van der Waals surface area contributed by atoms with E-state index in [9.17, 15) is 14.4 Å². The Hall–Kier alpha value is -1.63. The van der Waals surface area contributed by atoms with Crippen molar-refractivity contribution in [2.75, 3.05) is 6.54 Å². The van der Waals surface area contributed by atoms with Gasteiger partial charge in [-0.25, -0.2) is 0 Å². The van der Waals surface area contributed by atoms with E-state index in [1.54, 1.807) is 6.92 Å². The van der Waals surface area contributed by atoms with Gasteiger partial charge < -0.3 is 21.5 Å². The fraction of sp³-hybridized carbons (Fsp3) is 0.885. The minimum atomic E-state index is -1.02. The molecular formula is C26H51N3O4. The van der Waals surface area contributed by atoms with Crippen molar-refractivity contribution in [3.05, 3.63) is 0 Å². The molecule has 0 saturated carbocycles. The van der Waals surface area contributed by atoms with Gasteiger partial charge in [0.25, 0.3) is 0 Å². The Morgan fingerprint density at radius 1 is 0.758 bits per heavy atom. The SMILES string of the molecule is CCCCCCCCCCCCCCCCCCN[C@@H](C)C(=O)N[C@H](CCC(=O)O)C(N)=O. The van der Waals surface area contributed by atoms with Crippen molar-refractivity contribution in [3.63, 3.8) is 0 Å². The lowest BCUT2D eigenvalue weighted by molar-refractivity contribution is -0.137. The van der Waals surface area contributed by atoms with E-state index in [1.165, 1.54) is 89.9 Å². The van der Waals surface area contributed by atoms with Gasteiger partial charge in [0.2, 0.25) is 11.8 Å². The third kappa shape index (κ3) is 20.7. The molecule has 0 aromatic rings.